The lowest BCUT2D eigenvalue weighted by Crippen LogP contribution is -2.33. The van der Waals surface area contributed by atoms with Crippen molar-refractivity contribution >= 4 is 5.78 Å². The van der Waals surface area contributed by atoms with E-state index in [1.54, 1.807) is 6.20 Å². The van der Waals surface area contributed by atoms with Crippen molar-refractivity contribution in [3.8, 4) is 11.6 Å². The number of hydrogen-bond acceptors (Lipinski definition) is 6. The van der Waals surface area contributed by atoms with Gasteiger partial charge in [-0.2, -0.15) is 0 Å². The number of benzene rings is 1. The number of ketones is 1. The summed E-state index contributed by atoms with van der Waals surface area (Å²) >= 11 is 0. The number of ether oxygens (including phenoxy) is 2. The molecule has 0 amide bonds. The smallest absolute Gasteiger partial charge is 0.257 e. The Kier molecular flexibility index (Phi) is 4.96. The summed E-state index contributed by atoms with van der Waals surface area (Å²) in [5.41, 5.74) is 2.90. The van der Waals surface area contributed by atoms with Gasteiger partial charge < -0.3 is 14.0 Å². The lowest BCUT2D eigenvalue weighted by atomic mass is 10.1. The Labute approximate surface area is 175 Å². The standard InChI is InChI=1S/C23H24N4O3/c1-2-19(28)18-13-27-11-10-26(14-22(27)25-18)12-16-5-7-17(8-6-16)21-15-29-20-4-3-9-24-23(20)30-21/h3-9,13,21H,2,10-12,14-15H2,1H3/t21-/m1/s1. The van der Waals surface area contributed by atoms with Gasteiger partial charge in [-0.05, 0) is 23.3 Å². The van der Waals surface area contributed by atoms with Gasteiger partial charge in [-0.15, -0.1) is 0 Å². The normalized spacial score (nSPS) is 18.1. The fraction of sp³-hybridized carbons (Fsp3) is 0.348. The van der Waals surface area contributed by atoms with Crippen molar-refractivity contribution in [2.45, 2.75) is 39.1 Å². The number of fused-ring (bicyclic) bond motifs is 2. The maximum Gasteiger partial charge on any atom is 0.257 e. The zero-order chi connectivity index (χ0) is 20.5. The Balaban J connectivity index is 1.23. The second-order valence-corrected chi connectivity index (χ2v) is 7.69. The molecule has 7 nitrogen and oxygen atoms in total. The van der Waals surface area contributed by atoms with Gasteiger partial charge in [-0.3, -0.25) is 9.69 Å². The Hall–Kier alpha value is -3.19. The minimum Gasteiger partial charge on any atom is -0.484 e. The molecule has 0 aliphatic carbocycles. The number of hydrogen-bond donors (Lipinski definition) is 0. The van der Waals surface area contributed by atoms with Crippen molar-refractivity contribution in [1.82, 2.24) is 19.4 Å². The van der Waals surface area contributed by atoms with Crippen LogP contribution in [0.25, 0.3) is 0 Å². The molecule has 1 atom stereocenters. The Bertz CT molecular complexity index is 1060. The predicted octanol–water partition coefficient (Wildman–Crippen LogP) is 3.40. The van der Waals surface area contributed by atoms with Gasteiger partial charge in [0.05, 0.1) is 6.54 Å². The van der Waals surface area contributed by atoms with Crippen LogP contribution in [-0.4, -0.2) is 38.4 Å². The average Bonchev–Trinajstić information content (AvgIpc) is 3.22. The first-order chi connectivity index (χ1) is 14.7. The fourth-order valence-electron chi connectivity index (χ4n) is 3.92. The summed E-state index contributed by atoms with van der Waals surface area (Å²) in [5, 5.41) is 0. The molecular formula is C23H24N4O3. The van der Waals surface area contributed by atoms with E-state index in [1.165, 1.54) is 5.56 Å². The number of pyridine rings is 1. The van der Waals surface area contributed by atoms with Gasteiger partial charge >= 0.3 is 0 Å². The zero-order valence-corrected chi connectivity index (χ0v) is 17.0. The van der Waals surface area contributed by atoms with Crippen molar-refractivity contribution < 1.29 is 14.3 Å². The minimum absolute atomic E-state index is 0.103. The van der Waals surface area contributed by atoms with Crippen LogP contribution in [0.3, 0.4) is 0 Å². The third-order valence-corrected chi connectivity index (χ3v) is 5.63. The molecule has 0 spiro atoms. The van der Waals surface area contributed by atoms with Crippen LogP contribution in [0.5, 0.6) is 11.6 Å². The van der Waals surface area contributed by atoms with Crippen molar-refractivity contribution in [3.05, 3.63) is 71.4 Å². The topological polar surface area (TPSA) is 69.5 Å². The molecule has 4 heterocycles. The van der Waals surface area contributed by atoms with Crippen LogP contribution in [0, 0.1) is 0 Å². The Morgan fingerprint density at radius 1 is 1.20 bits per heavy atom. The monoisotopic (exact) mass is 404 g/mol. The first-order valence-electron chi connectivity index (χ1n) is 10.3. The van der Waals surface area contributed by atoms with E-state index in [0.717, 1.165) is 37.6 Å². The molecule has 0 saturated heterocycles. The van der Waals surface area contributed by atoms with Gasteiger partial charge in [0, 0.05) is 38.4 Å². The quantitative estimate of drug-likeness (QED) is 0.607. The number of rotatable bonds is 5. The maximum atomic E-state index is 11.9. The molecule has 3 aromatic rings. The fourth-order valence-corrected chi connectivity index (χ4v) is 3.92. The molecule has 0 fully saturated rings. The summed E-state index contributed by atoms with van der Waals surface area (Å²) in [7, 11) is 0. The predicted molar refractivity (Wildman–Crippen MR) is 111 cm³/mol. The second kappa shape index (κ2) is 7.91. The highest BCUT2D eigenvalue weighted by molar-refractivity contribution is 5.93. The summed E-state index contributed by atoms with van der Waals surface area (Å²) < 4.78 is 13.9. The first kappa shape index (κ1) is 18.8. The molecule has 0 N–H and O–H groups in total. The lowest BCUT2D eigenvalue weighted by Gasteiger charge is -2.28. The number of nitrogens with zero attached hydrogens (tertiary/aromatic N) is 4. The number of Topliss-reactive ketones (excluding diaryl/α,β-unsaturated/α-hetero) is 1. The van der Waals surface area contributed by atoms with Crippen LogP contribution >= 0.6 is 0 Å². The number of carbonyl (C=O) groups excluding carboxylic acids is 1. The molecule has 154 valence electrons. The van der Waals surface area contributed by atoms with Gasteiger partial charge in [0.15, 0.2) is 17.6 Å². The molecule has 2 aromatic heterocycles. The van der Waals surface area contributed by atoms with Crippen LogP contribution in [0.1, 0.15) is 46.9 Å². The van der Waals surface area contributed by atoms with E-state index in [0.29, 0.717) is 30.4 Å². The van der Waals surface area contributed by atoms with Crippen LogP contribution < -0.4 is 9.47 Å². The minimum atomic E-state index is -0.154. The van der Waals surface area contributed by atoms with Crippen LogP contribution in [-0.2, 0) is 19.6 Å². The number of aromatic nitrogens is 3. The number of carbonyl (C=O) groups is 1. The average molecular weight is 404 g/mol. The highest BCUT2D eigenvalue weighted by Gasteiger charge is 2.24. The largest absolute Gasteiger partial charge is 0.484 e. The lowest BCUT2D eigenvalue weighted by molar-refractivity contribution is 0.0850. The summed E-state index contributed by atoms with van der Waals surface area (Å²) in [5.74, 6) is 2.31. The molecular weight excluding hydrogens is 380 g/mol. The van der Waals surface area contributed by atoms with Crippen molar-refractivity contribution in [1.29, 1.82) is 0 Å². The maximum absolute atomic E-state index is 11.9. The Morgan fingerprint density at radius 3 is 2.90 bits per heavy atom. The SMILES string of the molecule is CCC(=O)c1cn2c(n1)CN(Cc1ccc([C@H]3COc4cccnc4O3)cc1)CC2. The molecule has 2 aliphatic heterocycles. The molecule has 0 unspecified atom stereocenters. The van der Waals surface area contributed by atoms with Gasteiger partial charge in [0.2, 0.25) is 0 Å². The van der Waals surface area contributed by atoms with E-state index >= 15 is 0 Å². The van der Waals surface area contributed by atoms with E-state index in [-0.39, 0.29) is 11.9 Å². The van der Waals surface area contributed by atoms with E-state index < -0.39 is 0 Å². The first-order valence-corrected chi connectivity index (χ1v) is 10.3. The summed E-state index contributed by atoms with van der Waals surface area (Å²) in [6.45, 7) is 5.74. The van der Waals surface area contributed by atoms with Crippen molar-refractivity contribution in [2.75, 3.05) is 13.2 Å². The van der Waals surface area contributed by atoms with E-state index in [1.807, 2.05) is 25.3 Å². The van der Waals surface area contributed by atoms with Crippen LogP contribution in [0.4, 0.5) is 0 Å². The summed E-state index contributed by atoms with van der Waals surface area (Å²) in [4.78, 5) is 23.1. The third-order valence-electron chi connectivity index (χ3n) is 5.63. The summed E-state index contributed by atoms with van der Waals surface area (Å²) in [6, 6.07) is 12.2. The number of imidazole rings is 1. The molecule has 0 saturated carbocycles. The van der Waals surface area contributed by atoms with E-state index in [2.05, 4.69) is 43.7 Å². The zero-order valence-electron chi connectivity index (χ0n) is 17.0. The molecule has 0 radical (unpaired) electrons. The molecule has 2 aliphatic rings. The molecule has 1 aromatic carbocycles. The van der Waals surface area contributed by atoms with Gasteiger partial charge in [-0.25, -0.2) is 9.97 Å². The van der Waals surface area contributed by atoms with E-state index in [4.69, 9.17) is 9.47 Å². The van der Waals surface area contributed by atoms with Crippen molar-refractivity contribution in [2.24, 2.45) is 0 Å². The molecule has 5 rings (SSSR count). The second-order valence-electron chi connectivity index (χ2n) is 7.69. The molecule has 0 bridgehead atoms. The van der Waals surface area contributed by atoms with Crippen molar-refractivity contribution in [3.63, 3.8) is 0 Å². The highest BCUT2D eigenvalue weighted by Crippen LogP contribution is 2.34. The van der Waals surface area contributed by atoms with Gasteiger partial charge in [-0.1, -0.05) is 31.2 Å². The van der Waals surface area contributed by atoms with Gasteiger partial charge in [0.1, 0.15) is 18.1 Å². The molecule has 30 heavy (non-hydrogen) atoms. The Morgan fingerprint density at radius 2 is 2.07 bits per heavy atom. The van der Waals surface area contributed by atoms with E-state index in [9.17, 15) is 4.79 Å². The van der Waals surface area contributed by atoms with Gasteiger partial charge in [0.25, 0.3) is 5.88 Å². The third kappa shape index (κ3) is 3.68. The van der Waals surface area contributed by atoms with Crippen LogP contribution in [0.2, 0.25) is 0 Å². The van der Waals surface area contributed by atoms with Crippen LogP contribution in [0.15, 0.2) is 48.8 Å². The summed E-state index contributed by atoms with van der Waals surface area (Å²) in [6.07, 6.45) is 3.94. The highest BCUT2D eigenvalue weighted by atomic mass is 16.6. The molecule has 7 heteroatoms.